The molecule has 0 spiro atoms. The molecule has 0 radical (unpaired) electrons. The van der Waals surface area contributed by atoms with Crippen LogP contribution in [-0.2, 0) is 16.1 Å². The molecule has 2 aromatic carbocycles. The first kappa shape index (κ1) is 24.0. The van der Waals surface area contributed by atoms with Crippen LogP contribution in [0.5, 0.6) is 0 Å². The van der Waals surface area contributed by atoms with Gasteiger partial charge < -0.3 is 10.2 Å². The fourth-order valence-corrected chi connectivity index (χ4v) is 5.14. The number of hydrogen-bond donors (Lipinski definition) is 1. The topological polar surface area (TPSA) is 49.4 Å². The van der Waals surface area contributed by atoms with Crippen molar-refractivity contribution in [2.24, 2.45) is 0 Å². The third kappa shape index (κ3) is 6.90. The SMILES string of the molecule is CCC(C(=O)NC1CCCC1)N(Cc1ccc(Cl)cc1Cl)C(=O)CSc1ccccc1. The molecule has 4 nitrogen and oxygen atoms in total. The van der Waals surface area contributed by atoms with Crippen molar-refractivity contribution in [2.75, 3.05) is 5.75 Å². The maximum absolute atomic E-state index is 13.3. The van der Waals surface area contributed by atoms with Crippen molar-refractivity contribution < 1.29 is 9.59 Å². The van der Waals surface area contributed by atoms with Crippen molar-refractivity contribution in [1.82, 2.24) is 10.2 Å². The highest BCUT2D eigenvalue weighted by Gasteiger charge is 2.31. The monoisotopic (exact) mass is 478 g/mol. The van der Waals surface area contributed by atoms with Gasteiger partial charge in [0.2, 0.25) is 11.8 Å². The van der Waals surface area contributed by atoms with E-state index in [1.54, 1.807) is 17.0 Å². The van der Waals surface area contributed by atoms with Crippen LogP contribution >= 0.6 is 35.0 Å². The average molecular weight is 479 g/mol. The zero-order chi connectivity index (χ0) is 22.2. The van der Waals surface area contributed by atoms with E-state index < -0.39 is 6.04 Å². The molecule has 1 unspecified atom stereocenters. The van der Waals surface area contributed by atoms with Crippen LogP contribution in [0.2, 0.25) is 10.0 Å². The highest BCUT2D eigenvalue weighted by Crippen LogP contribution is 2.26. The summed E-state index contributed by atoms with van der Waals surface area (Å²) >= 11 is 13.9. The molecule has 0 saturated heterocycles. The average Bonchev–Trinajstić information content (AvgIpc) is 3.27. The normalized spacial score (nSPS) is 14.9. The molecule has 1 aliphatic rings. The van der Waals surface area contributed by atoms with Gasteiger partial charge in [-0.05, 0) is 49.1 Å². The molecule has 0 heterocycles. The number of halogens is 2. The Bertz CT molecular complexity index is 888. The predicted molar refractivity (Wildman–Crippen MR) is 129 cm³/mol. The van der Waals surface area contributed by atoms with E-state index in [9.17, 15) is 9.59 Å². The molecule has 7 heteroatoms. The molecule has 31 heavy (non-hydrogen) atoms. The van der Waals surface area contributed by atoms with E-state index in [0.717, 1.165) is 36.1 Å². The van der Waals surface area contributed by atoms with Crippen LogP contribution < -0.4 is 5.32 Å². The number of carbonyl (C=O) groups is 2. The third-order valence-electron chi connectivity index (χ3n) is 5.55. The van der Waals surface area contributed by atoms with Gasteiger partial charge >= 0.3 is 0 Å². The number of carbonyl (C=O) groups excluding carboxylic acids is 2. The molecule has 0 bridgehead atoms. The molecule has 2 aromatic rings. The summed E-state index contributed by atoms with van der Waals surface area (Å²) in [4.78, 5) is 29.1. The Morgan fingerprint density at radius 3 is 2.48 bits per heavy atom. The largest absolute Gasteiger partial charge is 0.352 e. The summed E-state index contributed by atoms with van der Waals surface area (Å²) in [5, 5.41) is 4.19. The molecule has 1 saturated carbocycles. The quantitative estimate of drug-likeness (QED) is 0.452. The number of rotatable bonds is 9. The standard InChI is InChI=1S/C24H28Cl2N2O2S/c1-2-22(24(30)27-19-8-6-7-9-19)28(15-17-12-13-18(25)14-21(17)26)23(29)16-31-20-10-4-3-5-11-20/h3-5,10-14,19,22H,2,6-9,15-16H2,1H3,(H,27,30). The van der Waals surface area contributed by atoms with E-state index >= 15 is 0 Å². The minimum atomic E-state index is -0.545. The predicted octanol–water partition coefficient (Wildman–Crippen LogP) is 5.95. The number of hydrogen-bond acceptors (Lipinski definition) is 3. The molecular formula is C24H28Cl2N2O2S. The zero-order valence-corrected chi connectivity index (χ0v) is 20.0. The van der Waals surface area contributed by atoms with Crippen LogP contribution in [0.3, 0.4) is 0 Å². The van der Waals surface area contributed by atoms with E-state index in [4.69, 9.17) is 23.2 Å². The Hall–Kier alpha value is -1.69. The molecular weight excluding hydrogens is 451 g/mol. The molecule has 1 N–H and O–H groups in total. The van der Waals surface area contributed by atoms with Crippen LogP contribution in [0, 0.1) is 0 Å². The van der Waals surface area contributed by atoms with Gasteiger partial charge in [0.25, 0.3) is 0 Å². The summed E-state index contributed by atoms with van der Waals surface area (Å²) in [5.41, 5.74) is 0.774. The number of benzene rings is 2. The molecule has 0 aliphatic heterocycles. The molecule has 3 rings (SSSR count). The highest BCUT2D eigenvalue weighted by molar-refractivity contribution is 8.00. The van der Waals surface area contributed by atoms with Crippen molar-refractivity contribution in [3.05, 3.63) is 64.1 Å². The Morgan fingerprint density at radius 2 is 1.84 bits per heavy atom. The van der Waals surface area contributed by atoms with Gasteiger partial charge in [-0.1, -0.05) is 67.2 Å². The van der Waals surface area contributed by atoms with E-state index in [1.807, 2.05) is 43.3 Å². The second-order valence-electron chi connectivity index (χ2n) is 7.77. The van der Waals surface area contributed by atoms with Gasteiger partial charge in [-0.2, -0.15) is 0 Å². The van der Waals surface area contributed by atoms with Crippen LogP contribution in [0.25, 0.3) is 0 Å². The minimum absolute atomic E-state index is 0.0856. The van der Waals surface area contributed by atoms with Gasteiger partial charge in [-0.25, -0.2) is 0 Å². The highest BCUT2D eigenvalue weighted by atomic mass is 35.5. The van der Waals surface area contributed by atoms with E-state index in [-0.39, 0.29) is 30.2 Å². The molecule has 166 valence electrons. The first-order valence-electron chi connectivity index (χ1n) is 10.7. The van der Waals surface area contributed by atoms with E-state index in [2.05, 4.69) is 5.32 Å². The lowest BCUT2D eigenvalue weighted by Crippen LogP contribution is -2.51. The fraction of sp³-hybridized carbons (Fsp3) is 0.417. The van der Waals surface area contributed by atoms with Gasteiger partial charge in [-0.3, -0.25) is 9.59 Å². The van der Waals surface area contributed by atoms with Crippen molar-refractivity contribution in [1.29, 1.82) is 0 Å². The van der Waals surface area contributed by atoms with Gasteiger partial charge in [0.1, 0.15) is 6.04 Å². The van der Waals surface area contributed by atoms with Crippen molar-refractivity contribution >= 4 is 46.8 Å². The Morgan fingerprint density at radius 1 is 1.13 bits per heavy atom. The molecule has 1 aliphatic carbocycles. The Balaban J connectivity index is 1.78. The lowest BCUT2D eigenvalue weighted by molar-refractivity contribution is -0.139. The summed E-state index contributed by atoms with van der Waals surface area (Å²) in [6.07, 6.45) is 4.81. The number of nitrogens with zero attached hydrogens (tertiary/aromatic N) is 1. The lowest BCUT2D eigenvalue weighted by atomic mass is 10.1. The fourth-order valence-electron chi connectivity index (χ4n) is 3.87. The summed E-state index contributed by atoms with van der Waals surface area (Å²) < 4.78 is 0. The summed E-state index contributed by atoms with van der Waals surface area (Å²) in [6, 6.07) is 14.7. The second kappa shape index (κ2) is 11.8. The Kier molecular flexibility index (Phi) is 9.12. The van der Waals surface area contributed by atoms with Crippen molar-refractivity contribution in [2.45, 2.75) is 62.6 Å². The Labute approximate surface area is 198 Å². The lowest BCUT2D eigenvalue weighted by Gasteiger charge is -2.31. The summed E-state index contributed by atoms with van der Waals surface area (Å²) in [6.45, 7) is 2.20. The summed E-state index contributed by atoms with van der Waals surface area (Å²) in [7, 11) is 0. The van der Waals surface area contributed by atoms with E-state index in [1.165, 1.54) is 11.8 Å². The second-order valence-corrected chi connectivity index (χ2v) is 9.67. The molecule has 2 amide bonds. The van der Waals surface area contributed by atoms with Crippen LogP contribution in [-0.4, -0.2) is 34.6 Å². The smallest absolute Gasteiger partial charge is 0.243 e. The van der Waals surface area contributed by atoms with Gasteiger partial charge in [0.15, 0.2) is 0 Å². The first-order valence-corrected chi connectivity index (χ1v) is 12.4. The zero-order valence-electron chi connectivity index (χ0n) is 17.7. The maximum Gasteiger partial charge on any atom is 0.243 e. The molecule has 0 aromatic heterocycles. The molecule has 1 atom stereocenters. The van der Waals surface area contributed by atoms with E-state index in [0.29, 0.717) is 16.5 Å². The van der Waals surface area contributed by atoms with Crippen LogP contribution in [0.15, 0.2) is 53.4 Å². The number of amides is 2. The van der Waals surface area contributed by atoms with Crippen LogP contribution in [0.1, 0.15) is 44.6 Å². The summed E-state index contributed by atoms with van der Waals surface area (Å²) in [5.74, 6) is 0.0773. The number of thioether (sulfide) groups is 1. The van der Waals surface area contributed by atoms with Gasteiger partial charge in [0.05, 0.1) is 5.75 Å². The minimum Gasteiger partial charge on any atom is -0.352 e. The van der Waals surface area contributed by atoms with Crippen molar-refractivity contribution in [3.63, 3.8) is 0 Å². The molecule has 1 fully saturated rings. The van der Waals surface area contributed by atoms with Crippen molar-refractivity contribution in [3.8, 4) is 0 Å². The van der Waals surface area contributed by atoms with Gasteiger partial charge in [0, 0.05) is 27.5 Å². The van der Waals surface area contributed by atoms with Gasteiger partial charge in [-0.15, -0.1) is 11.8 Å². The first-order chi connectivity index (χ1) is 15.0. The van der Waals surface area contributed by atoms with Crippen LogP contribution in [0.4, 0.5) is 0 Å². The maximum atomic E-state index is 13.3. The number of nitrogens with one attached hydrogen (secondary N) is 1. The third-order valence-corrected chi connectivity index (χ3v) is 7.13.